The van der Waals surface area contributed by atoms with Crippen LogP contribution in [0.25, 0.3) is 11.4 Å². The molecule has 7 heteroatoms. The zero-order valence-corrected chi connectivity index (χ0v) is 12.4. The minimum Gasteiger partial charge on any atom is -0.398 e. The summed E-state index contributed by atoms with van der Waals surface area (Å²) in [6.45, 7) is 0.529. The fourth-order valence-electron chi connectivity index (χ4n) is 2.00. The molecular weight excluding hydrogens is 309 g/mol. The first-order chi connectivity index (χ1) is 10.1. The van der Waals surface area contributed by atoms with E-state index in [1.54, 1.807) is 16.8 Å². The highest BCUT2D eigenvalue weighted by atomic mass is 35.5. The van der Waals surface area contributed by atoms with Crippen molar-refractivity contribution < 1.29 is 0 Å². The van der Waals surface area contributed by atoms with Gasteiger partial charge in [-0.2, -0.15) is 0 Å². The molecule has 2 N–H and O–H groups in total. The van der Waals surface area contributed by atoms with E-state index in [1.165, 1.54) is 0 Å². The number of nitrogen functional groups attached to an aromatic ring is 1. The van der Waals surface area contributed by atoms with Gasteiger partial charge in [-0.05, 0) is 46.3 Å². The summed E-state index contributed by atoms with van der Waals surface area (Å²) in [7, 11) is 0. The Morgan fingerprint density at radius 1 is 1.00 bits per heavy atom. The second kappa shape index (κ2) is 5.71. The fraction of sp³-hybridized carbons (Fsp3) is 0.0714. The summed E-state index contributed by atoms with van der Waals surface area (Å²) in [5, 5.41) is 13.0. The monoisotopic (exact) mass is 319 g/mol. The molecule has 0 spiro atoms. The first-order valence-electron chi connectivity index (χ1n) is 6.19. The zero-order chi connectivity index (χ0) is 14.8. The zero-order valence-electron chi connectivity index (χ0n) is 10.9. The topological polar surface area (TPSA) is 69.6 Å². The van der Waals surface area contributed by atoms with Crippen molar-refractivity contribution in [3.63, 3.8) is 0 Å². The van der Waals surface area contributed by atoms with Crippen molar-refractivity contribution in [2.24, 2.45) is 0 Å². The van der Waals surface area contributed by atoms with Gasteiger partial charge in [0.15, 0.2) is 5.82 Å². The highest BCUT2D eigenvalue weighted by Gasteiger charge is 2.12. The Bertz CT molecular complexity index is 767. The van der Waals surface area contributed by atoms with E-state index in [4.69, 9.17) is 28.9 Å². The van der Waals surface area contributed by atoms with Crippen molar-refractivity contribution >= 4 is 28.9 Å². The third kappa shape index (κ3) is 2.99. The van der Waals surface area contributed by atoms with Crippen LogP contribution in [0.5, 0.6) is 0 Å². The number of nitrogens with zero attached hydrogens (tertiary/aromatic N) is 4. The lowest BCUT2D eigenvalue weighted by Crippen LogP contribution is -2.05. The molecule has 0 atom stereocenters. The van der Waals surface area contributed by atoms with Gasteiger partial charge in [0.1, 0.15) is 0 Å². The molecule has 106 valence electrons. The lowest BCUT2D eigenvalue weighted by atomic mass is 10.1. The van der Waals surface area contributed by atoms with E-state index in [-0.39, 0.29) is 0 Å². The van der Waals surface area contributed by atoms with Crippen LogP contribution in [-0.2, 0) is 6.54 Å². The molecule has 0 saturated heterocycles. The first kappa shape index (κ1) is 13.9. The summed E-state index contributed by atoms with van der Waals surface area (Å²) in [5.74, 6) is 0.596. The van der Waals surface area contributed by atoms with Crippen LogP contribution in [-0.4, -0.2) is 20.2 Å². The number of tetrazole rings is 1. The van der Waals surface area contributed by atoms with Crippen LogP contribution in [0, 0.1) is 0 Å². The molecule has 0 radical (unpaired) electrons. The SMILES string of the molecule is Nc1cc(Cl)ccc1-c1nnnn1Cc1ccc(Cl)cc1. The van der Waals surface area contributed by atoms with E-state index in [9.17, 15) is 0 Å². The molecule has 1 heterocycles. The van der Waals surface area contributed by atoms with Crippen LogP contribution in [0.4, 0.5) is 5.69 Å². The summed E-state index contributed by atoms with van der Waals surface area (Å²) in [4.78, 5) is 0. The van der Waals surface area contributed by atoms with Crippen LogP contribution in [0.2, 0.25) is 10.0 Å². The van der Waals surface area contributed by atoms with Crippen molar-refractivity contribution in [3.8, 4) is 11.4 Å². The Labute approximate surface area is 131 Å². The molecule has 0 unspecified atom stereocenters. The summed E-state index contributed by atoms with van der Waals surface area (Å²) < 4.78 is 1.68. The van der Waals surface area contributed by atoms with Crippen molar-refractivity contribution in [3.05, 3.63) is 58.1 Å². The molecule has 3 aromatic rings. The van der Waals surface area contributed by atoms with Crippen molar-refractivity contribution in [2.75, 3.05) is 5.73 Å². The Hall–Kier alpha value is -2.11. The van der Waals surface area contributed by atoms with Gasteiger partial charge in [0.25, 0.3) is 0 Å². The molecule has 0 aliphatic carbocycles. The fourth-order valence-corrected chi connectivity index (χ4v) is 2.31. The lowest BCUT2D eigenvalue weighted by Gasteiger charge is -2.07. The molecular formula is C14H11Cl2N5. The Balaban J connectivity index is 1.95. The molecule has 0 bridgehead atoms. The molecule has 5 nitrogen and oxygen atoms in total. The molecule has 21 heavy (non-hydrogen) atoms. The number of anilines is 1. The molecule has 0 saturated carbocycles. The van der Waals surface area contributed by atoms with E-state index < -0.39 is 0 Å². The molecule has 0 amide bonds. The highest BCUT2D eigenvalue weighted by molar-refractivity contribution is 6.31. The van der Waals surface area contributed by atoms with Crippen LogP contribution < -0.4 is 5.73 Å². The molecule has 0 aliphatic heterocycles. The second-order valence-electron chi connectivity index (χ2n) is 4.52. The number of rotatable bonds is 3. The Kier molecular flexibility index (Phi) is 3.77. The normalized spacial score (nSPS) is 10.8. The van der Waals surface area contributed by atoms with E-state index >= 15 is 0 Å². The molecule has 1 aromatic heterocycles. The maximum absolute atomic E-state index is 5.98. The van der Waals surface area contributed by atoms with Gasteiger partial charge in [-0.15, -0.1) is 5.10 Å². The lowest BCUT2D eigenvalue weighted by molar-refractivity contribution is 0.653. The number of hydrogen-bond donors (Lipinski definition) is 1. The Morgan fingerprint density at radius 3 is 2.43 bits per heavy atom. The second-order valence-corrected chi connectivity index (χ2v) is 5.39. The van der Waals surface area contributed by atoms with E-state index in [1.807, 2.05) is 30.3 Å². The average molecular weight is 320 g/mol. The van der Waals surface area contributed by atoms with Crippen molar-refractivity contribution in [1.29, 1.82) is 0 Å². The predicted octanol–water partition coefficient (Wildman–Crippen LogP) is 3.28. The van der Waals surface area contributed by atoms with Gasteiger partial charge >= 0.3 is 0 Å². The molecule has 0 fully saturated rings. The highest BCUT2D eigenvalue weighted by Crippen LogP contribution is 2.26. The first-order valence-corrected chi connectivity index (χ1v) is 6.95. The summed E-state index contributed by atoms with van der Waals surface area (Å²) in [5.41, 5.74) is 8.31. The minimum atomic E-state index is 0.529. The predicted molar refractivity (Wildman–Crippen MR) is 83.2 cm³/mol. The number of aromatic nitrogens is 4. The van der Waals surface area contributed by atoms with Crippen LogP contribution >= 0.6 is 23.2 Å². The quantitative estimate of drug-likeness (QED) is 0.752. The van der Waals surface area contributed by atoms with Gasteiger partial charge in [-0.3, -0.25) is 0 Å². The maximum Gasteiger partial charge on any atom is 0.184 e. The number of nitrogens with two attached hydrogens (primary N) is 1. The van der Waals surface area contributed by atoms with Gasteiger partial charge in [-0.1, -0.05) is 35.3 Å². The smallest absolute Gasteiger partial charge is 0.184 e. The number of hydrogen-bond acceptors (Lipinski definition) is 4. The van der Waals surface area contributed by atoms with Crippen molar-refractivity contribution in [2.45, 2.75) is 6.54 Å². The van der Waals surface area contributed by atoms with E-state index in [0.29, 0.717) is 28.1 Å². The third-order valence-electron chi connectivity index (χ3n) is 3.03. The van der Waals surface area contributed by atoms with Gasteiger partial charge < -0.3 is 5.73 Å². The van der Waals surface area contributed by atoms with Gasteiger partial charge in [0.05, 0.1) is 6.54 Å². The summed E-state index contributed by atoms with van der Waals surface area (Å²) in [6, 6.07) is 12.8. The number of benzene rings is 2. The van der Waals surface area contributed by atoms with Gasteiger partial charge in [-0.25, -0.2) is 4.68 Å². The molecule has 3 rings (SSSR count). The molecule has 2 aromatic carbocycles. The van der Waals surface area contributed by atoms with Crippen LogP contribution in [0.1, 0.15) is 5.56 Å². The summed E-state index contributed by atoms with van der Waals surface area (Å²) in [6.07, 6.45) is 0. The van der Waals surface area contributed by atoms with E-state index in [2.05, 4.69) is 15.5 Å². The van der Waals surface area contributed by atoms with Crippen LogP contribution in [0.3, 0.4) is 0 Å². The minimum absolute atomic E-state index is 0.529. The third-order valence-corrected chi connectivity index (χ3v) is 3.52. The van der Waals surface area contributed by atoms with Gasteiger partial charge in [0.2, 0.25) is 0 Å². The standard InChI is InChI=1S/C14H11Cl2N5/c15-10-3-1-9(2-4-10)8-21-14(18-19-20-21)12-6-5-11(16)7-13(12)17/h1-7H,8,17H2. The van der Waals surface area contributed by atoms with Crippen LogP contribution in [0.15, 0.2) is 42.5 Å². The summed E-state index contributed by atoms with van der Waals surface area (Å²) >= 11 is 11.8. The average Bonchev–Trinajstić information content (AvgIpc) is 2.89. The Morgan fingerprint density at radius 2 is 1.71 bits per heavy atom. The van der Waals surface area contributed by atoms with Gasteiger partial charge in [0, 0.05) is 21.3 Å². The van der Waals surface area contributed by atoms with E-state index in [0.717, 1.165) is 11.1 Å². The maximum atomic E-state index is 5.98. The largest absolute Gasteiger partial charge is 0.398 e. The molecule has 0 aliphatic rings. The number of halogens is 2. The van der Waals surface area contributed by atoms with Crippen molar-refractivity contribution in [1.82, 2.24) is 20.2 Å².